The van der Waals surface area contributed by atoms with E-state index in [9.17, 15) is 18.4 Å². The number of hydrogen-bond donors (Lipinski definition) is 1. The van der Waals surface area contributed by atoms with Gasteiger partial charge >= 0.3 is 12.1 Å². The van der Waals surface area contributed by atoms with Crippen LogP contribution in [0, 0.1) is 11.6 Å². The van der Waals surface area contributed by atoms with Gasteiger partial charge in [-0.05, 0) is 52.4 Å². The molecule has 1 aliphatic heterocycles. The van der Waals surface area contributed by atoms with Gasteiger partial charge in [0, 0.05) is 12.1 Å². The second kappa shape index (κ2) is 9.79. The van der Waals surface area contributed by atoms with Crippen LogP contribution >= 0.6 is 0 Å². The molecule has 1 aliphatic rings. The molecule has 0 bridgehead atoms. The zero-order valence-corrected chi connectivity index (χ0v) is 17.6. The third-order valence-corrected chi connectivity index (χ3v) is 5.40. The van der Waals surface area contributed by atoms with Crippen LogP contribution in [0.5, 0.6) is 0 Å². The van der Waals surface area contributed by atoms with Crippen LogP contribution in [0.25, 0.3) is 11.1 Å². The number of nitrogens with zero attached hydrogens (tertiary/aromatic N) is 1. The number of halogens is 2. The summed E-state index contributed by atoms with van der Waals surface area (Å²) >= 11 is 0. The highest BCUT2D eigenvalue weighted by Gasteiger charge is 2.26. The van der Waals surface area contributed by atoms with Crippen LogP contribution in [0.2, 0.25) is 0 Å². The summed E-state index contributed by atoms with van der Waals surface area (Å²) in [6.45, 7) is 0.326. The van der Waals surface area contributed by atoms with Gasteiger partial charge in [-0.15, -0.1) is 5.06 Å². The molecule has 0 radical (unpaired) electrons. The lowest BCUT2D eigenvalue weighted by Gasteiger charge is -2.29. The molecule has 170 valence electrons. The molecule has 1 heterocycles. The maximum atomic E-state index is 14.7. The number of fused-ring (bicyclic) bond motifs is 1. The van der Waals surface area contributed by atoms with E-state index in [2.05, 4.69) is 0 Å². The van der Waals surface area contributed by atoms with E-state index in [0.29, 0.717) is 22.3 Å². The van der Waals surface area contributed by atoms with E-state index in [1.165, 1.54) is 35.4 Å². The first-order valence-electron chi connectivity index (χ1n) is 10.3. The lowest BCUT2D eigenvalue weighted by Crippen LogP contribution is -2.34. The van der Waals surface area contributed by atoms with E-state index < -0.39 is 23.8 Å². The summed E-state index contributed by atoms with van der Waals surface area (Å²) in [6, 6.07) is 15.9. The van der Waals surface area contributed by atoms with Crippen LogP contribution in [-0.4, -0.2) is 28.8 Å². The number of carboxylic acid groups (broad SMARTS) is 1. The Bertz CT molecular complexity index is 1180. The van der Waals surface area contributed by atoms with Crippen molar-refractivity contribution in [3.63, 3.8) is 0 Å². The molecule has 3 aromatic rings. The van der Waals surface area contributed by atoms with Gasteiger partial charge in [0.2, 0.25) is 0 Å². The SMILES string of the molecule is O=C(O)Cc1ccc(F)c(-c2ccc(F)c3c2CN(OC(=O)OCc2ccccc2)CC3)c1. The minimum Gasteiger partial charge on any atom is -0.481 e. The molecule has 33 heavy (non-hydrogen) atoms. The predicted octanol–water partition coefficient (Wildman–Crippen LogP) is 4.89. The summed E-state index contributed by atoms with van der Waals surface area (Å²) in [5.41, 5.74) is 2.70. The second-order valence-corrected chi connectivity index (χ2v) is 7.67. The molecule has 4 rings (SSSR count). The van der Waals surface area contributed by atoms with Crippen molar-refractivity contribution in [3.8, 4) is 11.1 Å². The third-order valence-electron chi connectivity index (χ3n) is 5.40. The molecule has 0 saturated carbocycles. The molecule has 0 spiro atoms. The fourth-order valence-electron chi connectivity index (χ4n) is 3.85. The van der Waals surface area contributed by atoms with Crippen molar-refractivity contribution in [2.45, 2.75) is 26.0 Å². The Labute approximate surface area is 188 Å². The monoisotopic (exact) mass is 453 g/mol. The van der Waals surface area contributed by atoms with Crippen LogP contribution in [0.4, 0.5) is 13.6 Å². The van der Waals surface area contributed by atoms with E-state index in [1.807, 2.05) is 30.3 Å². The number of hydroxylamine groups is 2. The third kappa shape index (κ3) is 5.35. The minimum atomic E-state index is -1.04. The highest BCUT2D eigenvalue weighted by atomic mass is 19.1. The molecule has 3 aromatic carbocycles. The summed E-state index contributed by atoms with van der Waals surface area (Å²) in [7, 11) is 0. The lowest BCUT2D eigenvalue weighted by molar-refractivity contribution is -0.139. The normalized spacial score (nSPS) is 13.3. The van der Waals surface area contributed by atoms with E-state index in [-0.39, 0.29) is 38.1 Å². The van der Waals surface area contributed by atoms with Gasteiger partial charge in [0.25, 0.3) is 0 Å². The maximum absolute atomic E-state index is 14.7. The van der Waals surface area contributed by atoms with E-state index >= 15 is 0 Å². The van der Waals surface area contributed by atoms with Gasteiger partial charge in [0.15, 0.2) is 0 Å². The Balaban J connectivity index is 1.54. The summed E-state index contributed by atoms with van der Waals surface area (Å²) in [5.74, 6) is -2.03. The first-order chi connectivity index (χ1) is 15.9. The summed E-state index contributed by atoms with van der Waals surface area (Å²) in [5, 5.41) is 10.4. The molecule has 0 aliphatic carbocycles. The van der Waals surface area contributed by atoms with Crippen molar-refractivity contribution in [2.75, 3.05) is 6.54 Å². The number of benzene rings is 3. The molecular weight excluding hydrogens is 432 g/mol. The number of hydrogen-bond acceptors (Lipinski definition) is 5. The number of carbonyl (C=O) groups excluding carboxylic acids is 1. The number of carboxylic acids is 1. The van der Waals surface area contributed by atoms with E-state index in [4.69, 9.17) is 14.7 Å². The lowest BCUT2D eigenvalue weighted by atomic mass is 9.90. The Hall–Kier alpha value is -3.78. The minimum absolute atomic E-state index is 0.0332. The van der Waals surface area contributed by atoms with Crippen LogP contribution in [0.3, 0.4) is 0 Å². The smallest absolute Gasteiger partial charge is 0.481 e. The highest BCUT2D eigenvalue weighted by molar-refractivity contribution is 5.74. The quantitative estimate of drug-likeness (QED) is 0.536. The van der Waals surface area contributed by atoms with Crippen molar-refractivity contribution in [1.29, 1.82) is 0 Å². The van der Waals surface area contributed by atoms with Crippen molar-refractivity contribution >= 4 is 12.1 Å². The Morgan fingerprint density at radius 1 is 0.909 bits per heavy atom. The van der Waals surface area contributed by atoms with Crippen molar-refractivity contribution in [1.82, 2.24) is 5.06 Å². The van der Waals surface area contributed by atoms with E-state index in [0.717, 1.165) is 5.56 Å². The molecule has 0 atom stereocenters. The first-order valence-corrected chi connectivity index (χ1v) is 10.3. The molecule has 1 N–H and O–H groups in total. The van der Waals surface area contributed by atoms with E-state index in [1.54, 1.807) is 0 Å². The number of carbonyl (C=O) groups is 2. The van der Waals surface area contributed by atoms with Crippen LogP contribution in [-0.2, 0) is 40.4 Å². The van der Waals surface area contributed by atoms with Crippen LogP contribution < -0.4 is 0 Å². The largest absolute Gasteiger partial charge is 0.528 e. The van der Waals surface area contributed by atoms with Crippen molar-refractivity contribution in [3.05, 3.63) is 94.6 Å². The molecule has 6 nitrogen and oxygen atoms in total. The standard InChI is InChI=1S/C25H21F2NO5/c26-22-9-7-18(20-12-17(13-24(29)30)6-8-23(20)27)21-14-28(11-10-19(21)22)33-25(31)32-15-16-4-2-1-3-5-16/h1-9,12H,10-11,13-15H2,(H,29,30). The average Bonchev–Trinajstić information content (AvgIpc) is 2.80. The Kier molecular flexibility index (Phi) is 6.65. The molecule has 0 amide bonds. The van der Waals surface area contributed by atoms with Gasteiger partial charge in [-0.2, -0.15) is 0 Å². The number of rotatable bonds is 6. The van der Waals surface area contributed by atoms with Gasteiger partial charge in [0.1, 0.15) is 18.2 Å². The molecule has 0 fully saturated rings. The van der Waals surface area contributed by atoms with Crippen molar-refractivity contribution < 1.29 is 33.1 Å². The predicted molar refractivity (Wildman–Crippen MR) is 115 cm³/mol. The zero-order valence-electron chi connectivity index (χ0n) is 17.6. The van der Waals surface area contributed by atoms with Crippen LogP contribution in [0.15, 0.2) is 60.7 Å². The fraction of sp³-hybridized carbons (Fsp3) is 0.200. The maximum Gasteiger partial charge on any atom is 0.528 e. The zero-order chi connectivity index (χ0) is 23.4. The molecule has 0 aromatic heterocycles. The summed E-state index contributed by atoms with van der Waals surface area (Å²) in [6.07, 6.45) is -0.911. The molecule has 8 heteroatoms. The fourth-order valence-corrected chi connectivity index (χ4v) is 3.85. The van der Waals surface area contributed by atoms with Crippen molar-refractivity contribution in [2.24, 2.45) is 0 Å². The number of ether oxygens (including phenoxy) is 1. The molecular formula is C25H21F2NO5. The molecule has 0 unspecified atom stereocenters. The van der Waals surface area contributed by atoms with Gasteiger partial charge in [-0.3, -0.25) is 4.79 Å². The average molecular weight is 453 g/mol. The second-order valence-electron chi connectivity index (χ2n) is 7.67. The summed E-state index contributed by atoms with van der Waals surface area (Å²) < 4.78 is 34.3. The number of aliphatic carboxylic acids is 1. The highest BCUT2D eigenvalue weighted by Crippen LogP contribution is 2.34. The van der Waals surface area contributed by atoms with Gasteiger partial charge in [-0.1, -0.05) is 42.5 Å². The van der Waals surface area contributed by atoms with Crippen LogP contribution in [0.1, 0.15) is 22.3 Å². The first kappa shape index (κ1) is 22.4. The van der Waals surface area contributed by atoms with Gasteiger partial charge in [-0.25, -0.2) is 13.6 Å². The van der Waals surface area contributed by atoms with Gasteiger partial charge in [0.05, 0.1) is 13.0 Å². The Morgan fingerprint density at radius 2 is 1.67 bits per heavy atom. The molecule has 0 saturated heterocycles. The summed E-state index contributed by atoms with van der Waals surface area (Å²) in [4.78, 5) is 28.5. The topological polar surface area (TPSA) is 76.1 Å². The Morgan fingerprint density at radius 3 is 2.42 bits per heavy atom. The van der Waals surface area contributed by atoms with Gasteiger partial charge < -0.3 is 14.7 Å².